The summed E-state index contributed by atoms with van der Waals surface area (Å²) in [5, 5.41) is 23.7. The van der Waals surface area contributed by atoms with Crippen LogP contribution in [0.25, 0.3) is 17.1 Å². The number of nitrogens with one attached hydrogen (secondary N) is 1. The smallest absolute Gasteiger partial charge is 0.235 e. The lowest BCUT2D eigenvalue weighted by molar-refractivity contribution is -0.113. The largest absolute Gasteiger partial charge is 0.494 e. The number of nitriles is 1. The van der Waals surface area contributed by atoms with E-state index in [4.69, 9.17) is 10.00 Å². The molecule has 0 aliphatic carbocycles. The topological polar surface area (TPSA) is 92.8 Å². The van der Waals surface area contributed by atoms with Crippen molar-refractivity contribution in [3.05, 3.63) is 71.1 Å². The van der Waals surface area contributed by atoms with E-state index in [1.54, 1.807) is 11.4 Å². The number of rotatable bonds is 8. The Labute approximate surface area is 200 Å². The third kappa shape index (κ3) is 5.25. The summed E-state index contributed by atoms with van der Waals surface area (Å²) in [4.78, 5) is 12.5. The van der Waals surface area contributed by atoms with Crippen molar-refractivity contribution in [3.8, 4) is 28.9 Å². The number of hydrogen-bond acceptors (Lipinski definition) is 7. The number of amides is 1. The molecule has 0 fully saturated rings. The first-order valence-electron chi connectivity index (χ1n) is 10.2. The molecule has 1 N–H and O–H groups in total. The van der Waals surface area contributed by atoms with Crippen molar-refractivity contribution in [1.29, 1.82) is 5.26 Å². The van der Waals surface area contributed by atoms with E-state index in [1.807, 2.05) is 60.9 Å². The Balaban J connectivity index is 1.62. The third-order valence-electron chi connectivity index (χ3n) is 4.69. The monoisotopic (exact) mass is 475 g/mol. The van der Waals surface area contributed by atoms with Gasteiger partial charge in [0.1, 0.15) is 16.8 Å². The van der Waals surface area contributed by atoms with Crippen molar-refractivity contribution < 1.29 is 9.53 Å². The molecule has 0 aliphatic rings. The second-order valence-electron chi connectivity index (χ2n) is 7.05. The quantitative estimate of drug-likeness (QED) is 0.347. The zero-order valence-electron chi connectivity index (χ0n) is 18.1. The van der Waals surface area contributed by atoms with Crippen LogP contribution in [0, 0.1) is 18.3 Å². The summed E-state index contributed by atoms with van der Waals surface area (Å²) >= 11 is 2.61. The molecule has 0 radical (unpaired) electrons. The maximum Gasteiger partial charge on any atom is 0.235 e. The molecule has 0 unspecified atom stereocenters. The van der Waals surface area contributed by atoms with Gasteiger partial charge in [-0.25, -0.2) is 0 Å². The van der Waals surface area contributed by atoms with Crippen molar-refractivity contribution in [2.24, 2.45) is 0 Å². The maximum atomic E-state index is 12.5. The van der Waals surface area contributed by atoms with E-state index >= 15 is 0 Å². The van der Waals surface area contributed by atoms with E-state index in [-0.39, 0.29) is 11.7 Å². The summed E-state index contributed by atoms with van der Waals surface area (Å²) in [6.07, 6.45) is 0. The lowest BCUT2D eigenvalue weighted by Gasteiger charge is -2.12. The zero-order chi connectivity index (χ0) is 23.2. The summed E-state index contributed by atoms with van der Waals surface area (Å²) in [7, 11) is 0. The number of aryl methyl sites for hydroxylation is 1. The molecule has 4 rings (SSSR count). The summed E-state index contributed by atoms with van der Waals surface area (Å²) in [6, 6.07) is 19.5. The van der Waals surface area contributed by atoms with E-state index < -0.39 is 0 Å². The van der Waals surface area contributed by atoms with Crippen molar-refractivity contribution in [2.75, 3.05) is 17.7 Å². The summed E-state index contributed by atoms with van der Waals surface area (Å²) in [5.74, 6) is 1.39. The molecule has 0 atom stereocenters. The molecule has 9 heteroatoms. The van der Waals surface area contributed by atoms with Crippen LogP contribution in [0.5, 0.6) is 5.75 Å². The van der Waals surface area contributed by atoms with Crippen molar-refractivity contribution >= 4 is 34.0 Å². The van der Waals surface area contributed by atoms with Crippen LogP contribution in [0.1, 0.15) is 18.1 Å². The Hall–Kier alpha value is -3.61. The number of thiophene rings is 1. The highest BCUT2D eigenvalue weighted by Gasteiger charge is 2.18. The van der Waals surface area contributed by atoms with Gasteiger partial charge >= 0.3 is 0 Å². The minimum atomic E-state index is -0.211. The fourth-order valence-corrected chi connectivity index (χ4v) is 4.72. The predicted molar refractivity (Wildman–Crippen MR) is 131 cm³/mol. The van der Waals surface area contributed by atoms with Crippen LogP contribution in [-0.2, 0) is 4.79 Å². The molecular weight excluding hydrogens is 454 g/mol. The Bertz CT molecular complexity index is 1310. The normalized spacial score (nSPS) is 10.6. The number of aromatic nitrogens is 3. The molecule has 0 saturated carbocycles. The number of thioether (sulfide) groups is 1. The minimum Gasteiger partial charge on any atom is -0.494 e. The standard InChI is InChI=1S/C24H21N5O2S2/c1-3-31-20-9-7-19(8-10-20)29-22(17-6-4-5-16(2)13-17)27-28-24(29)33-15-21(30)26-23-18(14-25)11-12-32-23/h4-13H,3,15H2,1-2H3,(H,26,30). The molecular formula is C24H21N5O2S2. The lowest BCUT2D eigenvalue weighted by atomic mass is 10.1. The third-order valence-corrected chi connectivity index (χ3v) is 6.45. The molecule has 0 bridgehead atoms. The molecule has 0 spiro atoms. The van der Waals surface area contributed by atoms with Crippen LogP contribution < -0.4 is 10.1 Å². The molecule has 2 aromatic carbocycles. The summed E-state index contributed by atoms with van der Waals surface area (Å²) < 4.78 is 7.51. The fourth-order valence-electron chi connectivity index (χ4n) is 3.21. The van der Waals surface area contributed by atoms with Gasteiger partial charge in [0.25, 0.3) is 0 Å². The predicted octanol–water partition coefficient (Wildman–Crippen LogP) is 5.31. The summed E-state index contributed by atoms with van der Waals surface area (Å²) in [6.45, 7) is 4.56. The number of carbonyl (C=O) groups is 1. The van der Waals surface area contributed by atoms with Gasteiger partial charge in [-0.3, -0.25) is 9.36 Å². The van der Waals surface area contributed by atoms with Gasteiger partial charge in [-0.2, -0.15) is 5.26 Å². The molecule has 2 heterocycles. The first-order chi connectivity index (χ1) is 16.1. The lowest BCUT2D eigenvalue weighted by Crippen LogP contribution is -2.14. The van der Waals surface area contributed by atoms with Crippen molar-refractivity contribution in [2.45, 2.75) is 19.0 Å². The zero-order valence-corrected chi connectivity index (χ0v) is 19.7. The number of anilines is 1. The van der Waals surface area contributed by atoms with Gasteiger partial charge in [0, 0.05) is 11.3 Å². The van der Waals surface area contributed by atoms with Gasteiger partial charge in [-0.1, -0.05) is 35.5 Å². The average Bonchev–Trinajstić information content (AvgIpc) is 3.45. The van der Waals surface area contributed by atoms with Crippen molar-refractivity contribution in [1.82, 2.24) is 14.8 Å². The molecule has 4 aromatic rings. The molecule has 0 aliphatic heterocycles. The van der Waals surface area contributed by atoms with Gasteiger partial charge in [-0.15, -0.1) is 21.5 Å². The first kappa shape index (κ1) is 22.6. The molecule has 1 amide bonds. The molecule has 0 saturated heterocycles. The van der Waals surface area contributed by atoms with E-state index in [0.717, 1.165) is 22.6 Å². The molecule has 2 aromatic heterocycles. The van der Waals surface area contributed by atoms with E-state index in [9.17, 15) is 4.79 Å². The highest BCUT2D eigenvalue weighted by Crippen LogP contribution is 2.30. The van der Waals surface area contributed by atoms with Gasteiger partial charge in [0.2, 0.25) is 5.91 Å². The second kappa shape index (κ2) is 10.3. The van der Waals surface area contributed by atoms with Gasteiger partial charge in [0.05, 0.1) is 17.9 Å². The Kier molecular flexibility index (Phi) is 7.07. The minimum absolute atomic E-state index is 0.131. The van der Waals surface area contributed by atoms with E-state index in [0.29, 0.717) is 28.2 Å². The SMILES string of the molecule is CCOc1ccc(-n2c(SCC(=O)Nc3sccc3C#N)nnc2-c2cccc(C)c2)cc1. The number of nitrogens with zero attached hydrogens (tertiary/aromatic N) is 4. The maximum absolute atomic E-state index is 12.5. The van der Waals surface area contributed by atoms with E-state index in [2.05, 4.69) is 27.6 Å². The van der Waals surface area contributed by atoms with Crippen molar-refractivity contribution in [3.63, 3.8) is 0 Å². The van der Waals surface area contributed by atoms with Gasteiger partial charge in [-0.05, 0) is 55.6 Å². The second-order valence-corrected chi connectivity index (χ2v) is 8.91. The Morgan fingerprint density at radius 1 is 1.21 bits per heavy atom. The fraction of sp³-hybridized carbons (Fsp3) is 0.167. The number of hydrogen-bond donors (Lipinski definition) is 1. The molecule has 33 heavy (non-hydrogen) atoms. The number of ether oxygens (including phenoxy) is 1. The van der Waals surface area contributed by atoms with Gasteiger partial charge < -0.3 is 10.1 Å². The number of benzene rings is 2. The van der Waals surface area contributed by atoms with Crippen LogP contribution >= 0.6 is 23.1 Å². The first-order valence-corrected chi connectivity index (χ1v) is 12.1. The van der Waals surface area contributed by atoms with Crippen LogP contribution in [0.15, 0.2) is 65.1 Å². The van der Waals surface area contributed by atoms with Gasteiger partial charge in [0.15, 0.2) is 11.0 Å². The molecule has 166 valence electrons. The Morgan fingerprint density at radius 2 is 2.03 bits per heavy atom. The molecule has 7 nitrogen and oxygen atoms in total. The van der Waals surface area contributed by atoms with Crippen LogP contribution in [0.4, 0.5) is 5.00 Å². The Morgan fingerprint density at radius 3 is 2.76 bits per heavy atom. The number of carbonyl (C=O) groups excluding carboxylic acids is 1. The summed E-state index contributed by atoms with van der Waals surface area (Å²) in [5.41, 5.74) is 3.38. The highest BCUT2D eigenvalue weighted by molar-refractivity contribution is 7.99. The van der Waals surface area contributed by atoms with Crippen LogP contribution in [-0.4, -0.2) is 33.0 Å². The van der Waals surface area contributed by atoms with Crippen LogP contribution in [0.2, 0.25) is 0 Å². The average molecular weight is 476 g/mol. The van der Waals surface area contributed by atoms with E-state index in [1.165, 1.54) is 23.1 Å². The van der Waals surface area contributed by atoms with Crippen LogP contribution in [0.3, 0.4) is 0 Å². The highest BCUT2D eigenvalue weighted by atomic mass is 32.2.